The van der Waals surface area contributed by atoms with Crippen LogP contribution in [0.4, 0.5) is 10.5 Å². The van der Waals surface area contributed by atoms with Crippen molar-refractivity contribution in [2.24, 2.45) is 5.10 Å². The number of pyridine rings is 1. The zero-order valence-electron chi connectivity index (χ0n) is 15.9. The molecular formula is C20H17IN6O2S. The Morgan fingerprint density at radius 2 is 2.07 bits per heavy atom. The highest BCUT2D eigenvalue weighted by Crippen LogP contribution is 2.22. The fourth-order valence-electron chi connectivity index (χ4n) is 2.75. The van der Waals surface area contributed by atoms with Crippen LogP contribution in [0.1, 0.15) is 10.7 Å². The number of nitrogens with one attached hydrogen (secondary N) is 1. The van der Waals surface area contributed by atoms with Gasteiger partial charge in [0.2, 0.25) is 0 Å². The molecule has 4 aromatic rings. The number of hydrogen-bond donors (Lipinski definition) is 2. The highest BCUT2D eigenvalue weighted by atomic mass is 127. The maximum absolute atomic E-state index is 10.9. The zero-order valence-corrected chi connectivity index (χ0v) is 18.8. The smallest absolute Gasteiger partial charge is 0.407 e. The van der Waals surface area contributed by atoms with Crippen LogP contribution in [0, 0.1) is 3.57 Å². The van der Waals surface area contributed by atoms with Crippen LogP contribution >= 0.6 is 33.9 Å². The molecule has 3 heterocycles. The molecule has 1 aromatic carbocycles. The van der Waals surface area contributed by atoms with Crippen molar-refractivity contribution in [3.63, 3.8) is 0 Å². The van der Waals surface area contributed by atoms with Gasteiger partial charge in [-0.2, -0.15) is 5.10 Å². The number of carbonyl (C=O) groups is 1. The van der Waals surface area contributed by atoms with Crippen LogP contribution in [-0.2, 0) is 6.54 Å². The summed E-state index contributed by atoms with van der Waals surface area (Å²) in [5.74, 6) is 0. The van der Waals surface area contributed by atoms with E-state index in [1.54, 1.807) is 6.21 Å². The maximum atomic E-state index is 10.9. The molecular weight excluding hydrogens is 515 g/mol. The van der Waals surface area contributed by atoms with Crippen molar-refractivity contribution in [1.29, 1.82) is 0 Å². The van der Waals surface area contributed by atoms with Crippen molar-refractivity contribution in [2.75, 3.05) is 12.5 Å². The molecule has 0 saturated heterocycles. The van der Waals surface area contributed by atoms with E-state index in [0.29, 0.717) is 10.7 Å². The molecule has 0 radical (unpaired) electrons. The molecule has 0 atom stereocenters. The number of hydrazone groups is 1. The molecule has 0 bridgehead atoms. The van der Waals surface area contributed by atoms with Gasteiger partial charge in [-0.1, -0.05) is 12.1 Å². The van der Waals surface area contributed by atoms with Crippen molar-refractivity contribution in [2.45, 2.75) is 6.54 Å². The molecule has 8 nitrogen and oxygen atoms in total. The van der Waals surface area contributed by atoms with Crippen molar-refractivity contribution >= 4 is 57.6 Å². The number of hydrogen-bond acceptors (Lipinski definition) is 6. The predicted molar refractivity (Wildman–Crippen MR) is 126 cm³/mol. The highest BCUT2D eigenvalue weighted by molar-refractivity contribution is 14.1. The normalized spacial score (nSPS) is 11.3. The first-order valence-corrected chi connectivity index (χ1v) is 10.9. The zero-order chi connectivity index (χ0) is 21.1. The first-order valence-electron chi connectivity index (χ1n) is 8.90. The molecule has 2 N–H and O–H groups in total. The number of rotatable bonds is 6. The first kappa shape index (κ1) is 20.3. The highest BCUT2D eigenvalue weighted by Gasteiger charge is 2.09. The molecule has 152 valence electrons. The molecule has 30 heavy (non-hydrogen) atoms. The Labute approximate surface area is 190 Å². The van der Waals surface area contributed by atoms with E-state index < -0.39 is 6.09 Å². The van der Waals surface area contributed by atoms with Gasteiger partial charge < -0.3 is 14.4 Å². The van der Waals surface area contributed by atoms with Gasteiger partial charge in [-0.25, -0.2) is 14.8 Å². The predicted octanol–water partition coefficient (Wildman–Crippen LogP) is 4.62. The molecule has 0 aliphatic rings. The quantitative estimate of drug-likeness (QED) is 0.215. The minimum atomic E-state index is -0.985. The van der Waals surface area contributed by atoms with E-state index in [-0.39, 0.29) is 6.54 Å². The Balaban J connectivity index is 1.39. The molecule has 0 saturated carbocycles. The second-order valence-electron chi connectivity index (χ2n) is 6.50. The minimum absolute atomic E-state index is 0.247. The van der Waals surface area contributed by atoms with Crippen molar-refractivity contribution in [1.82, 2.24) is 19.3 Å². The molecule has 1 amide bonds. The first-order chi connectivity index (χ1) is 14.5. The molecule has 0 spiro atoms. The summed E-state index contributed by atoms with van der Waals surface area (Å²) in [4.78, 5) is 21.1. The maximum Gasteiger partial charge on any atom is 0.407 e. The number of aromatic nitrogens is 3. The molecule has 10 heteroatoms. The van der Waals surface area contributed by atoms with Crippen LogP contribution in [0.5, 0.6) is 0 Å². The van der Waals surface area contributed by atoms with Gasteiger partial charge in [0.05, 0.1) is 29.8 Å². The van der Waals surface area contributed by atoms with E-state index in [9.17, 15) is 4.79 Å². The van der Waals surface area contributed by atoms with E-state index >= 15 is 0 Å². The van der Waals surface area contributed by atoms with E-state index in [2.05, 4.69) is 43.1 Å². The lowest BCUT2D eigenvalue weighted by molar-refractivity contribution is 0.153. The molecule has 0 aliphatic heterocycles. The van der Waals surface area contributed by atoms with E-state index in [4.69, 9.17) is 5.11 Å². The second kappa shape index (κ2) is 8.79. The van der Waals surface area contributed by atoms with Crippen LogP contribution in [-0.4, -0.2) is 43.7 Å². The van der Waals surface area contributed by atoms with Crippen LogP contribution in [0.3, 0.4) is 0 Å². The average molecular weight is 532 g/mol. The summed E-state index contributed by atoms with van der Waals surface area (Å²) in [7, 11) is 1.51. The minimum Gasteiger partial charge on any atom is -0.465 e. The van der Waals surface area contributed by atoms with Gasteiger partial charge >= 0.3 is 6.09 Å². The van der Waals surface area contributed by atoms with Gasteiger partial charge in [-0.05, 0) is 46.9 Å². The Bertz CT molecular complexity index is 1220. The topological polar surface area (TPSA) is 95.1 Å². The molecule has 3 aromatic heterocycles. The third-order valence-electron chi connectivity index (χ3n) is 4.26. The van der Waals surface area contributed by atoms with Crippen LogP contribution in [0.15, 0.2) is 59.3 Å². The lowest BCUT2D eigenvalue weighted by atomic mass is 10.1. The largest absolute Gasteiger partial charge is 0.465 e. The van der Waals surface area contributed by atoms with Gasteiger partial charge in [0, 0.05) is 34.0 Å². The summed E-state index contributed by atoms with van der Waals surface area (Å²) in [6.45, 7) is 0.247. The molecule has 0 unspecified atom stereocenters. The van der Waals surface area contributed by atoms with Gasteiger partial charge in [0.15, 0.2) is 0 Å². The third-order valence-corrected chi connectivity index (χ3v) is 5.73. The summed E-state index contributed by atoms with van der Waals surface area (Å²) in [6, 6.07) is 11.9. The van der Waals surface area contributed by atoms with Gasteiger partial charge in [-0.3, -0.25) is 5.43 Å². The van der Waals surface area contributed by atoms with Gasteiger partial charge in [-0.15, -0.1) is 11.3 Å². The molecule has 0 fully saturated rings. The van der Waals surface area contributed by atoms with Crippen LogP contribution < -0.4 is 5.43 Å². The Hall–Kier alpha value is -2.99. The number of fused-ring (bicyclic) bond motifs is 1. The van der Waals surface area contributed by atoms with E-state index in [0.717, 1.165) is 26.2 Å². The molecule has 4 rings (SSSR count). The number of anilines is 1. The fraction of sp³-hybridized carbons (Fsp3) is 0.100. The van der Waals surface area contributed by atoms with Crippen molar-refractivity contribution in [3.05, 3.63) is 68.4 Å². The Morgan fingerprint density at radius 3 is 2.83 bits per heavy atom. The van der Waals surface area contributed by atoms with Crippen molar-refractivity contribution in [3.8, 4) is 11.3 Å². The van der Waals surface area contributed by atoms with Crippen LogP contribution in [0.2, 0.25) is 0 Å². The monoisotopic (exact) mass is 532 g/mol. The summed E-state index contributed by atoms with van der Waals surface area (Å²) in [6.07, 6.45) is 4.69. The summed E-state index contributed by atoms with van der Waals surface area (Å²) < 4.78 is 3.17. The van der Waals surface area contributed by atoms with Gasteiger partial charge in [0.25, 0.3) is 0 Å². The number of thiazole rings is 1. The number of benzene rings is 1. The Morgan fingerprint density at radius 1 is 1.27 bits per heavy atom. The number of halogens is 1. The lowest BCUT2D eigenvalue weighted by Crippen LogP contribution is -2.24. The van der Waals surface area contributed by atoms with Crippen molar-refractivity contribution < 1.29 is 9.90 Å². The third kappa shape index (κ3) is 4.76. The SMILES string of the molecule is CN(Cc1csc(/C=N/Nc2ccc(-c3cn4cc(I)ccc4n3)cc2)n1)C(=O)O. The van der Waals surface area contributed by atoms with Gasteiger partial charge in [0.1, 0.15) is 10.7 Å². The van der Waals surface area contributed by atoms with E-state index in [1.165, 1.54) is 23.3 Å². The Kier molecular flexibility index (Phi) is 5.95. The average Bonchev–Trinajstić information content (AvgIpc) is 3.35. The number of imidazole rings is 1. The number of carboxylic acid groups (broad SMARTS) is 1. The standard InChI is InChI=1S/C20H17IN6O2S/c1-26(20(28)29)10-16-12-30-19(23-16)8-22-25-15-5-2-13(3-6-15)17-11-27-9-14(21)4-7-18(27)24-17/h2-9,11-12,25H,10H2,1H3,(H,28,29)/b22-8+. The second-order valence-corrected chi connectivity index (χ2v) is 8.64. The molecule has 0 aliphatic carbocycles. The summed E-state index contributed by atoms with van der Waals surface area (Å²) in [5, 5.41) is 15.7. The summed E-state index contributed by atoms with van der Waals surface area (Å²) in [5.41, 5.74) is 7.36. The lowest BCUT2D eigenvalue weighted by Gasteiger charge is -2.09. The number of nitrogens with zero attached hydrogens (tertiary/aromatic N) is 5. The van der Waals surface area contributed by atoms with Crippen LogP contribution in [0.25, 0.3) is 16.9 Å². The fourth-order valence-corrected chi connectivity index (χ4v) is 3.89. The van der Waals surface area contributed by atoms with E-state index in [1.807, 2.05) is 58.6 Å². The summed E-state index contributed by atoms with van der Waals surface area (Å²) >= 11 is 3.69. The number of amides is 1.